The van der Waals surface area contributed by atoms with Crippen LogP contribution in [0.25, 0.3) is 11.0 Å². The maximum Gasteiger partial charge on any atom is 0.143 e. The zero-order valence-electron chi connectivity index (χ0n) is 11.7. The summed E-state index contributed by atoms with van der Waals surface area (Å²) in [6, 6.07) is 5.90. The molecule has 3 aromatic heterocycles. The lowest BCUT2D eigenvalue weighted by Gasteiger charge is -2.09. The lowest BCUT2D eigenvalue weighted by molar-refractivity contribution is 0.946. The van der Waals surface area contributed by atoms with Gasteiger partial charge in [0.05, 0.1) is 17.3 Å². The average Bonchev–Trinajstić information content (AvgIpc) is 3.26. The minimum atomic E-state index is 0.517. The van der Waals surface area contributed by atoms with Gasteiger partial charge >= 0.3 is 0 Å². The molecule has 106 valence electrons. The largest absolute Gasteiger partial charge is 0.373 e. The van der Waals surface area contributed by atoms with Gasteiger partial charge in [-0.3, -0.25) is 0 Å². The molecule has 0 radical (unpaired) electrons. The van der Waals surface area contributed by atoms with Gasteiger partial charge in [0.15, 0.2) is 0 Å². The highest BCUT2D eigenvalue weighted by Crippen LogP contribution is 2.39. The van der Waals surface area contributed by atoms with Gasteiger partial charge < -0.3 is 15.6 Å². The second-order valence-corrected chi connectivity index (χ2v) is 5.25. The van der Waals surface area contributed by atoms with E-state index < -0.39 is 0 Å². The first kappa shape index (κ1) is 12.1. The van der Waals surface area contributed by atoms with Crippen LogP contribution in [0.3, 0.4) is 0 Å². The molecule has 6 nitrogen and oxygen atoms in total. The smallest absolute Gasteiger partial charge is 0.143 e. The third-order valence-electron chi connectivity index (χ3n) is 3.66. The Balaban J connectivity index is 1.72. The second-order valence-electron chi connectivity index (χ2n) is 5.25. The zero-order chi connectivity index (χ0) is 14.2. The Kier molecular flexibility index (Phi) is 2.73. The Morgan fingerprint density at radius 1 is 1.19 bits per heavy atom. The van der Waals surface area contributed by atoms with E-state index in [1.54, 1.807) is 6.20 Å². The fourth-order valence-electron chi connectivity index (χ4n) is 2.33. The molecule has 1 fully saturated rings. The molecule has 0 aliphatic heterocycles. The Morgan fingerprint density at radius 2 is 2.10 bits per heavy atom. The number of pyridine rings is 1. The van der Waals surface area contributed by atoms with Gasteiger partial charge in [0.2, 0.25) is 0 Å². The number of H-pyrrole nitrogens is 1. The van der Waals surface area contributed by atoms with Gasteiger partial charge in [0, 0.05) is 19.2 Å². The minimum absolute atomic E-state index is 0.517. The first-order chi connectivity index (χ1) is 10.3. The quantitative estimate of drug-likeness (QED) is 0.684. The van der Waals surface area contributed by atoms with E-state index in [4.69, 9.17) is 0 Å². The van der Waals surface area contributed by atoms with Crippen molar-refractivity contribution in [2.45, 2.75) is 18.8 Å². The predicted octanol–water partition coefficient (Wildman–Crippen LogP) is 3.02. The lowest BCUT2D eigenvalue weighted by atomic mass is 10.3. The summed E-state index contributed by atoms with van der Waals surface area (Å²) >= 11 is 0. The van der Waals surface area contributed by atoms with Crippen molar-refractivity contribution in [1.29, 1.82) is 0 Å². The normalized spacial score (nSPS) is 14.3. The number of aromatic nitrogens is 4. The highest BCUT2D eigenvalue weighted by molar-refractivity contribution is 5.89. The first-order valence-corrected chi connectivity index (χ1v) is 7.09. The molecule has 0 amide bonds. The molecule has 1 saturated carbocycles. The van der Waals surface area contributed by atoms with E-state index in [9.17, 15) is 0 Å². The van der Waals surface area contributed by atoms with Crippen LogP contribution in [-0.2, 0) is 0 Å². The SMILES string of the molecule is CNc1ccc(Nc2nc(C3CC3)nc3[nH]ccc23)cn1. The van der Waals surface area contributed by atoms with Crippen molar-refractivity contribution in [2.75, 3.05) is 17.7 Å². The Labute approximate surface area is 122 Å². The molecule has 0 saturated heterocycles. The van der Waals surface area contributed by atoms with Crippen molar-refractivity contribution in [3.8, 4) is 0 Å². The summed E-state index contributed by atoms with van der Waals surface area (Å²) in [5, 5.41) is 7.35. The summed E-state index contributed by atoms with van der Waals surface area (Å²) in [5.74, 6) is 3.12. The third-order valence-corrected chi connectivity index (χ3v) is 3.66. The Bertz CT molecular complexity index is 772. The molecule has 0 bridgehead atoms. The highest BCUT2D eigenvalue weighted by Gasteiger charge is 2.27. The van der Waals surface area contributed by atoms with E-state index in [1.807, 2.05) is 31.4 Å². The minimum Gasteiger partial charge on any atom is -0.373 e. The molecule has 0 aromatic carbocycles. The molecule has 3 N–H and O–H groups in total. The molecule has 4 rings (SSSR count). The third kappa shape index (κ3) is 2.29. The number of nitrogens with zero attached hydrogens (tertiary/aromatic N) is 3. The first-order valence-electron chi connectivity index (χ1n) is 7.09. The monoisotopic (exact) mass is 280 g/mol. The van der Waals surface area contributed by atoms with Crippen LogP contribution in [0, 0.1) is 0 Å². The van der Waals surface area contributed by atoms with Gasteiger partial charge in [-0.05, 0) is 31.0 Å². The standard InChI is InChI=1S/C15H16N6/c1-16-12-5-4-10(8-18-12)19-15-11-6-7-17-14(11)20-13(21-15)9-2-3-9/h4-9H,2-3H2,1H3,(H,16,18)(H2,17,19,20,21). The Morgan fingerprint density at radius 3 is 2.81 bits per heavy atom. The van der Waals surface area contributed by atoms with Crippen LogP contribution in [0.5, 0.6) is 0 Å². The van der Waals surface area contributed by atoms with Crippen molar-refractivity contribution in [3.05, 3.63) is 36.4 Å². The maximum atomic E-state index is 4.69. The van der Waals surface area contributed by atoms with Gasteiger partial charge in [-0.1, -0.05) is 0 Å². The molecule has 0 unspecified atom stereocenters. The predicted molar refractivity (Wildman–Crippen MR) is 82.9 cm³/mol. The fourth-order valence-corrected chi connectivity index (χ4v) is 2.33. The molecule has 0 atom stereocenters. The molecule has 3 heterocycles. The lowest BCUT2D eigenvalue weighted by Crippen LogP contribution is -2.01. The molecule has 1 aliphatic rings. The average molecular weight is 280 g/mol. The molecular weight excluding hydrogens is 264 g/mol. The van der Waals surface area contributed by atoms with Gasteiger partial charge in [0.1, 0.15) is 23.1 Å². The summed E-state index contributed by atoms with van der Waals surface area (Å²) in [6.45, 7) is 0. The van der Waals surface area contributed by atoms with Gasteiger partial charge in [0.25, 0.3) is 0 Å². The van der Waals surface area contributed by atoms with Crippen molar-refractivity contribution >= 4 is 28.4 Å². The summed E-state index contributed by atoms with van der Waals surface area (Å²) < 4.78 is 0. The second kappa shape index (κ2) is 4.73. The van der Waals surface area contributed by atoms with E-state index in [0.29, 0.717) is 5.92 Å². The molecular formula is C15H16N6. The maximum absolute atomic E-state index is 4.69. The van der Waals surface area contributed by atoms with Crippen molar-refractivity contribution in [3.63, 3.8) is 0 Å². The summed E-state index contributed by atoms with van der Waals surface area (Å²) in [7, 11) is 1.85. The van der Waals surface area contributed by atoms with E-state index >= 15 is 0 Å². The summed E-state index contributed by atoms with van der Waals surface area (Å²) in [4.78, 5) is 16.8. The molecule has 6 heteroatoms. The topological polar surface area (TPSA) is 78.5 Å². The number of hydrogen-bond donors (Lipinski definition) is 3. The molecule has 0 spiro atoms. The van der Waals surface area contributed by atoms with Gasteiger partial charge in [-0.2, -0.15) is 0 Å². The number of rotatable bonds is 4. The fraction of sp³-hybridized carbons (Fsp3) is 0.267. The summed E-state index contributed by atoms with van der Waals surface area (Å²) in [6.07, 6.45) is 6.06. The van der Waals surface area contributed by atoms with Crippen molar-refractivity contribution in [2.24, 2.45) is 0 Å². The molecule has 3 aromatic rings. The van der Waals surface area contributed by atoms with Gasteiger partial charge in [-0.15, -0.1) is 0 Å². The van der Waals surface area contributed by atoms with E-state index in [-0.39, 0.29) is 0 Å². The van der Waals surface area contributed by atoms with Crippen LogP contribution in [0.1, 0.15) is 24.6 Å². The zero-order valence-corrected chi connectivity index (χ0v) is 11.7. The number of aromatic amines is 1. The van der Waals surface area contributed by atoms with Gasteiger partial charge in [-0.25, -0.2) is 15.0 Å². The van der Waals surface area contributed by atoms with Crippen LogP contribution >= 0.6 is 0 Å². The van der Waals surface area contributed by atoms with Crippen LogP contribution < -0.4 is 10.6 Å². The summed E-state index contributed by atoms with van der Waals surface area (Å²) in [5.41, 5.74) is 1.80. The van der Waals surface area contributed by atoms with Crippen LogP contribution in [0.15, 0.2) is 30.6 Å². The van der Waals surface area contributed by atoms with E-state index in [2.05, 4.69) is 30.6 Å². The van der Waals surface area contributed by atoms with E-state index in [1.165, 1.54) is 12.8 Å². The number of fused-ring (bicyclic) bond motifs is 1. The molecule has 1 aliphatic carbocycles. The number of nitrogens with one attached hydrogen (secondary N) is 3. The highest BCUT2D eigenvalue weighted by atomic mass is 15.1. The molecule has 21 heavy (non-hydrogen) atoms. The van der Waals surface area contributed by atoms with E-state index in [0.717, 1.165) is 34.2 Å². The van der Waals surface area contributed by atoms with Crippen molar-refractivity contribution < 1.29 is 0 Å². The van der Waals surface area contributed by atoms with Crippen molar-refractivity contribution in [1.82, 2.24) is 19.9 Å². The Hall–Kier alpha value is -2.63. The van der Waals surface area contributed by atoms with Crippen LogP contribution in [0.2, 0.25) is 0 Å². The van der Waals surface area contributed by atoms with Crippen LogP contribution in [0.4, 0.5) is 17.3 Å². The number of anilines is 3. The van der Waals surface area contributed by atoms with Crippen LogP contribution in [-0.4, -0.2) is 27.0 Å². The number of hydrogen-bond acceptors (Lipinski definition) is 5.